The summed E-state index contributed by atoms with van der Waals surface area (Å²) in [4.78, 5) is 4.75. The lowest BCUT2D eigenvalue weighted by Gasteiger charge is -2.11. The first kappa shape index (κ1) is 17.4. The maximum absolute atomic E-state index is 8.90. The highest BCUT2D eigenvalue weighted by Gasteiger charge is 2.10. The molecule has 2 aromatic carbocycles. The van der Waals surface area contributed by atoms with E-state index in [-0.39, 0.29) is 7.48 Å². The first-order valence-corrected chi connectivity index (χ1v) is 8.79. The van der Waals surface area contributed by atoms with Gasteiger partial charge < -0.3 is 19.6 Å². The van der Waals surface area contributed by atoms with Gasteiger partial charge in [0, 0.05) is 12.2 Å². The van der Waals surface area contributed by atoms with Crippen LogP contribution < -0.4 is 10.1 Å². The minimum Gasteiger partial charge on any atom is -0.497 e. The Bertz CT molecular complexity index is 802. The molecular weight excluding hydrogens is 313 g/mol. The number of hydrogen-bond donors (Lipinski definition) is 2. The first-order chi connectivity index (χ1) is 12.3. The van der Waals surface area contributed by atoms with E-state index in [1.807, 2.05) is 42.5 Å². The van der Waals surface area contributed by atoms with Crippen LogP contribution in [0.5, 0.6) is 5.75 Å². The summed E-state index contributed by atoms with van der Waals surface area (Å²) in [6, 6.07) is 16.1. The number of rotatable bonds is 9. The van der Waals surface area contributed by atoms with Crippen molar-refractivity contribution in [2.24, 2.45) is 0 Å². The van der Waals surface area contributed by atoms with Crippen LogP contribution >= 0.6 is 0 Å². The van der Waals surface area contributed by atoms with Gasteiger partial charge in [0.15, 0.2) is 0 Å². The van der Waals surface area contributed by atoms with Crippen molar-refractivity contribution in [3.05, 3.63) is 48.5 Å². The van der Waals surface area contributed by atoms with E-state index in [0.717, 1.165) is 60.5 Å². The molecule has 0 saturated carbocycles. The molecule has 0 spiro atoms. The van der Waals surface area contributed by atoms with Gasteiger partial charge in [0.25, 0.3) is 7.48 Å². The summed E-state index contributed by atoms with van der Waals surface area (Å²) in [6.07, 6.45) is 4.11. The lowest BCUT2D eigenvalue weighted by molar-refractivity contribution is 0.415. The predicted octanol–water partition coefficient (Wildman–Crippen LogP) is 3.72. The standard InChI is InChI=1S/C19H24BN3O2/c1-25-16-11-9-15(10-12-16)21-19-22-17-7-3-4-8-18(17)23(19)14-6-2-5-13-20-24/h3-4,7-12,20,24H,2,5-6,13-14H2,1H3,(H,21,22). The molecule has 0 amide bonds. The highest BCUT2D eigenvalue weighted by atomic mass is 16.5. The fraction of sp³-hybridized carbons (Fsp3) is 0.316. The van der Waals surface area contributed by atoms with E-state index >= 15 is 0 Å². The predicted molar refractivity (Wildman–Crippen MR) is 104 cm³/mol. The second kappa shape index (κ2) is 8.58. The third kappa shape index (κ3) is 4.34. The van der Waals surface area contributed by atoms with Gasteiger partial charge in [-0.25, -0.2) is 4.98 Å². The van der Waals surface area contributed by atoms with Crippen LogP contribution in [0, 0.1) is 0 Å². The molecule has 0 atom stereocenters. The van der Waals surface area contributed by atoms with Crippen LogP contribution in [-0.4, -0.2) is 29.2 Å². The number of para-hydroxylation sites is 2. The van der Waals surface area contributed by atoms with Gasteiger partial charge in [-0.3, -0.25) is 0 Å². The van der Waals surface area contributed by atoms with Crippen molar-refractivity contribution in [3.8, 4) is 5.75 Å². The molecule has 25 heavy (non-hydrogen) atoms. The molecule has 2 N–H and O–H groups in total. The Kier molecular flexibility index (Phi) is 5.96. The molecule has 0 fully saturated rings. The number of imidazole rings is 1. The monoisotopic (exact) mass is 337 g/mol. The number of nitrogens with zero attached hydrogens (tertiary/aromatic N) is 2. The largest absolute Gasteiger partial charge is 0.497 e. The molecule has 0 aliphatic rings. The molecule has 0 aliphatic heterocycles. The molecule has 130 valence electrons. The molecule has 1 heterocycles. The van der Waals surface area contributed by atoms with Crippen LogP contribution in [0.25, 0.3) is 11.0 Å². The summed E-state index contributed by atoms with van der Waals surface area (Å²) in [5, 5.41) is 12.3. The fourth-order valence-electron chi connectivity index (χ4n) is 2.94. The molecular formula is C19H24BN3O2. The number of fused-ring (bicyclic) bond motifs is 1. The molecule has 0 saturated heterocycles. The quantitative estimate of drug-likeness (QED) is 0.461. The minimum absolute atomic E-state index is 0.276. The van der Waals surface area contributed by atoms with Crippen LogP contribution in [0.1, 0.15) is 19.3 Å². The van der Waals surface area contributed by atoms with Crippen LogP contribution in [-0.2, 0) is 6.54 Å². The summed E-state index contributed by atoms with van der Waals surface area (Å²) in [5.41, 5.74) is 3.12. The molecule has 5 nitrogen and oxygen atoms in total. The van der Waals surface area contributed by atoms with E-state index in [4.69, 9.17) is 14.7 Å². The Morgan fingerprint density at radius 3 is 2.64 bits per heavy atom. The Hall–Kier alpha value is -2.47. The number of ether oxygens (including phenoxy) is 1. The third-order valence-electron chi connectivity index (χ3n) is 4.29. The molecule has 6 heteroatoms. The molecule has 0 unspecified atom stereocenters. The van der Waals surface area contributed by atoms with Crippen LogP contribution in [0.2, 0.25) is 6.32 Å². The third-order valence-corrected chi connectivity index (χ3v) is 4.29. The van der Waals surface area contributed by atoms with E-state index in [1.54, 1.807) is 7.11 Å². The highest BCUT2D eigenvalue weighted by molar-refractivity contribution is 6.25. The summed E-state index contributed by atoms with van der Waals surface area (Å²) in [6.45, 7) is 0.907. The summed E-state index contributed by atoms with van der Waals surface area (Å²) in [7, 11) is 1.94. The van der Waals surface area contributed by atoms with Gasteiger partial charge in [-0.15, -0.1) is 0 Å². The smallest absolute Gasteiger partial charge is 0.270 e. The van der Waals surface area contributed by atoms with Gasteiger partial charge in [-0.05, 0) is 42.8 Å². The second-order valence-corrected chi connectivity index (χ2v) is 6.07. The van der Waals surface area contributed by atoms with Gasteiger partial charge in [-0.2, -0.15) is 0 Å². The number of unbranched alkanes of at least 4 members (excludes halogenated alkanes) is 2. The molecule has 3 rings (SSSR count). The van der Waals surface area contributed by atoms with E-state index in [1.165, 1.54) is 0 Å². The number of aryl methyl sites for hydroxylation is 1. The number of methoxy groups -OCH3 is 1. The topological polar surface area (TPSA) is 59.3 Å². The fourth-order valence-corrected chi connectivity index (χ4v) is 2.94. The minimum atomic E-state index is 0.276. The Labute approximate surface area is 148 Å². The van der Waals surface area contributed by atoms with Crippen molar-refractivity contribution >= 4 is 30.2 Å². The Morgan fingerprint density at radius 2 is 1.88 bits per heavy atom. The lowest BCUT2D eigenvalue weighted by Crippen LogP contribution is -2.04. The van der Waals surface area contributed by atoms with Crippen molar-refractivity contribution < 1.29 is 9.76 Å². The second-order valence-electron chi connectivity index (χ2n) is 6.07. The van der Waals surface area contributed by atoms with Crippen LogP contribution in [0.4, 0.5) is 11.6 Å². The van der Waals surface area contributed by atoms with E-state index in [0.29, 0.717) is 0 Å². The van der Waals surface area contributed by atoms with Crippen molar-refractivity contribution in [3.63, 3.8) is 0 Å². The normalized spacial score (nSPS) is 10.8. The first-order valence-electron chi connectivity index (χ1n) is 8.79. The zero-order chi connectivity index (χ0) is 17.5. The molecule has 0 bridgehead atoms. The Morgan fingerprint density at radius 1 is 1.08 bits per heavy atom. The summed E-state index contributed by atoms with van der Waals surface area (Å²) >= 11 is 0. The maximum atomic E-state index is 8.90. The lowest BCUT2D eigenvalue weighted by atomic mass is 9.92. The van der Waals surface area contributed by atoms with Gasteiger partial charge in [0.1, 0.15) is 5.75 Å². The number of hydrogen-bond acceptors (Lipinski definition) is 4. The number of anilines is 2. The molecule has 0 aliphatic carbocycles. The van der Waals surface area contributed by atoms with Gasteiger partial charge in [0.2, 0.25) is 5.95 Å². The number of nitrogens with one attached hydrogen (secondary N) is 1. The summed E-state index contributed by atoms with van der Waals surface area (Å²) in [5.74, 6) is 1.69. The Balaban J connectivity index is 1.79. The van der Waals surface area contributed by atoms with Crippen molar-refractivity contribution in [2.75, 3.05) is 12.4 Å². The number of aromatic nitrogens is 2. The average molecular weight is 337 g/mol. The molecule has 0 radical (unpaired) electrons. The SMILES string of the molecule is COc1ccc(Nc2nc3ccccc3n2CCCCCBO)cc1. The van der Waals surface area contributed by atoms with Crippen molar-refractivity contribution in [1.29, 1.82) is 0 Å². The van der Waals surface area contributed by atoms with Gasteiger partial charge in [0.05, 0.1) is 18.1 Å². The molecule has 1 aromatic heterocycles. The van der Waals surface area contributed by atoms with Gasteiger partial charge in [-0.1, -0.05) is 31.3 Å². The summed E-state index contributed by atoms with van der Waals surface area (Å²) < 4.78 is 7.44. The van der Waals surface area contributed by atoms with Gasteiger partial charge >= 0.3 is 0 Å². The van der Waals surface area contributed by atoms with E-state index in [2.05, 4.69) is 16.0 Å². The van der Waals surface area contributed by atoms with Crippen LogP contribution in [0.15, 0.2) is 48.5 Å². The van der Waals surface area contributed by atoms with E-state index < -0.39 is 0 Å². The maximum Gasteiger partial charge on any atom is 0.270 e. The average Bonchev–Trinajstić information content (AvgIpc) is 2.99. The zero-order valence-corrected chi connectivity index (χ0v) is 14.6. The highest BCUT2D eigenvalue weighted by Crippen LogP contribution is 2.24. The zero-order valence-electron chi connectivity index (χ0n) is 14.6. The van der Waals surface area contributed by atoms with Crippen LogP contribution in [0.3, 0.4) is 0 Å². The van der Waals surface area contributed by atoms with E-state index in [9.17, 15) is 0 Å². The van der Waals surface area contributed by atoms with Crippen molar-refractivity contribution in [2.45, 2.75) is 32.1 Å². The van der Waals surface area contributed by atoms with Crippen molar-refractivity contribution in [1.82, 2.24) is 9.55 Å². The number of benzene rings is 2. The molecule has 3 aromatic rings.